The topological polar surface area (TPSA) is 110 Å². The first-order valence-electron chi connectivity index (χ1n) is 5.59. The summed E-state index contributed by atoms with van der Waals surface area (Å²) in [5, 5.41) is 20.4. The number of aliphatic carboxylic acids is 1. The highest BCUT2D eigenvalue weighted by Crippen LogP contribution is 2.43. The van der Waals surface area contributed by atoms with Crippen molar-refractivity contribution >= 4 is 29.5 Å². The third kappa shape index (κ3) is 2.36. The van der Waals surface area contributed by atoms with Gasteiger partial charge in [0, 0.05) is 6.07 Å². The van der Waals surface area contributed by atoms with Crippen LogP contribution in [0, 0.1) is 15.5 Å². The number of pyridine rings is 1. The normalized spacial score (nSPS) is 14.4. The SMILES string of the molecule is CC(C)(C)C(C=O)(C(=O)O)c1nc(Cl)ccc1[N+](=O)[O-]. The number of nitro groups is 1. The number of carbonyl (C=O) groups is 2. The summed E-state index contributed by atoms with van der Waals surface area (Å²) in [6.07, 6.45) is 0.168. The molecule has 1 rings (SSSR count). The van der Waals surface area contributed by atoms with Gasteiger partial charge in [-0.15, -0.1) is 0 Å². The summed E-state index contributed by atoms with van der Waals surface area (Å²) in [6.45, 7) is 4.46. The third-order valence-corrected chi connectivity index (χ3v) is 3.32. The van der Waals surface area contributed by atoms with E-state index in [-0.39, 0.29) is 11.4 Å². The number of halogens is 1. The van der Waals surface area contributed by atoms with Crippen LogP contribution in [-0.2, 0) is 15.0 Å². The molecule has 1 N–H and O–H groups in total. The maximum absolute atomic E-state index is 11.6. The highest BCUT2D eigenvalue weighted by Gasteiger charge is 2.55. The van der Waals surface area contributed by atoms with Gasteiger partial charge in [-0.1, -0.05) is 32.4 Å². The molecule has 7 nitrogen and oxygen atoms in total. The van der Waals surface area contributed by atoms with Crippen molar-refractivity contribution in [3.05, 3.63) is 33.1 Å². The van der Waals surface area contributed by atoms with Crippen molar-refractivity contribution in [1.29, 1.82) is 0 Å². The molecule has 0 aliphatic heterocycles. The van der Waals surface area contributed by atoms with Gasteiger partial charge in [-0.2, -0.15) is 0 Å². The molecule has 0 saturated carbocycles. The van der Waals surface area contributed by atoms with Crippen LogP contribution in [-0.4, -0.2) is 27.3 Å². The van der Waals surface area contributed by atoms with Crippen molar-refractivity contribution in [3.8, 4) is 0 Å². The lowest BCUT2D eigenvalue weighted by Crippen LogP contribution is -2.49. The summed E-state index contributed by atoms with van der Waals surface area (Å²) in [5.41, 5.74) is -4.33. The summed E-state index contributed by atoms with van der Waals surface area (Å²) < 4.78 is 0. The molecular weight excluding hydrogens is 288 g/mol. The Bertz CT molecular complexity index is 582. The first-order chi connectivity index (χ1) is 9.07. The highest BCUT2D eigenvalue weighted by atomic mass is 35.5. The number of aldehydes is 1. The molecule has 1 unspecified atom stereocenters. The minimum absolute atomic E-state index is 0.123. The Balaban J connectivity index is 3.83. The van der Waals surface area contributed by atoms with Crippen molar-refractivity contribution in [1.82, 2.24) is 4.98 Å². The van der Waals surface area contributed by atoms with Gasteiger partial charge in [0.25, 0.3) is 5.69 Å². The molecule has 0 saturated heterocycles. The summed E-state index contributed by atoms with van der Waals surface area (Å²) in [7, 11) is 0. The first kappa shape index (κ1) is 16.0. The molecule has 0 bridgehead atoms. The van der Waals surface area contributed by atoms with E-state index in [1.54, 1.807) is 0 Å². The van der Waals surface area contributed by atoms with Gasteiger partial charge in [-0.3, -0.25) is 14.9 Å². The lowest BCUT2D eigenvalue weighted by Gasteiger charge is -2.35. The Labute approximate surface area is 119 Å². The van der Waals surface area contributed by atoms with Crippen molar-refractivity contribution in [2.75, 3.05) is 0 Å². The average Bonchev–Trinajstić information content (AvgIpc) is 2.27. The molecule has 1 heterocycles. The zero-order valence-electron chi connectivity index (χ0n) is 11.1. The molecule has 0 fully saturated rings. The predicted octanol–water partition coefficient (Wildman–Crippen LogP) is 2.21. The van der Waals surface area contributed by atoms with E-state index in [4.69, 9.17) is 11.6 Å². The molecule has 1 aromatic heterocycles. The Hall–Kier alpha value is -2.02. The maximum atomic E-state index is 11.6. The smallest absolute Gasteiger partial charge is 0.323 e. The Morgan fingerprint density at radius 3 is 2.35 bits per heavy atom. The van der Waals surface area contributed by atoms with E-state index in [1.165, 1.54) is 26.8 Å². The number of carboxylic acid groups (broad SMARTS) is 1. The minimum atomic E-state index is -2.17. The zero-order valence-corrected chi connectivity index (χ0v) is 11.8. The van der Waals surface area contributed by atoms with Gasteiger partial charge in [0.1, 0.15) is 17.1 Å². The second kappa shape index (κ2) is 5.16. The fraction of sp³-hybridized carbons (Fsp3) is 0.417. The van der Waals surface area contributed by atoms with Gasteiger partial charge in [-0.25, -0.2) is 4.98 Å². The van der Waals surface area contributed by atoms with Crippen LogP contribution in [0.4, 0.5) is 5.69 Å². The second-order valence-electron chi connectivity index (χ2n) is 5.24. The van der Waals surface area contributed by atoms with Crippen LogP contribution < -0.4 is 0 Å². The standard InChI is InChI=1S/C12H13ClN2O5/c1-11(2,3)12(6-16,10(17)18)9-7(15(19)20)4-5-8(13)14-9/h4-6H,1-3H3,(H,17,18). The molecule has 1 aromatic rings. The first-order valence-corrected chi connectivity index (χ1v) is 5.97. The third-order valence-electron chi connectivity index (χ3n) is 3.11. The molecular formula is C12H13ClN2O5. The van der Waals surface area contributed by atoms with Gasteiger partial charge in [-0.05, 0) is 11.5 Å². The maximum Gasteiger partial charge on any atom is 0.323 e. The van der Waals surface area contributed by atoms with Crippen LogP contribution in [0.3, 0.4) is 0 Å². The summed E-state index contributed by atoms with van der Waals surface area (Å²) in [5.74, 6) is -1.52. The molecule has 0 spiro atoms. The largest absolute Gasteiger partial charge is 0.480 e. The zero-order chi connectivity index (χ0) is 15.7. The Morgan fingerprint density at radius 2 is 2.00 bits per heavy atom. The molecule has 0 amide bonds. The lowest BCUT2D eigenvalue weighted by atomic mass is 9.65. The Morgan fingerprint density at radius 1 is 1.45 bits per heavy atom. The number of hydrogen-bond acceptors (Lipinski definition) is 5. The van der Waals surface area contributed by atoms with Crippen molar-refractivity contribution in [3.63, 3.8) is 0 Å². The van der Waals surface area contributed by atoms with Crippen molar-refractivity contribution < 1.29 is 19.6 Å². The van der Waals surface area contributed by atoms with E-state index in [9.17, 15) is 24.8 Å². The molecule has 0 aliphatic carbocycles. The van der Waals surface area contributed by atoms with E-state index < -0.39 is 33.1 Å². The summed E-state index contributed by atoms with van der Waals surface area (Å²) in [6, 6.07) is 2.21. The van der Waals surface area contributed by atoms with Gasteiger partial charge in [0.05, 0.1) is 4.92 Å². The van der Waals surface area contributed by atoms with E-state index >= 15 is 0 Å². The van der Waals surface area contributed by atoms with E-state index in [1.807, 2.05) is 0 Å². The van der Waals surface area contributed by atoms with Gasteiger partial charge >= 0.3 is 5.97 Å². The molecule has 0 aromatic carbocycles. The highest BCUT2D eigenvalue weighted by molar-refractivity contribution is 6.29. The van der Waals surface area contributed by atoms with Crippen molar-refractivity contribution in [2.45, 2.75) is 26.2 Å². The van der Waals surface area contributed by atoms with Crippen LogP contribution in [0.2, 0.25) is 5.15 Å². The average molecular weight is 301 g/mol. The molecule has 20 heavy (non-hydrogen) atoms. The van der Waals surface area contributed by atoms with Gasteiger partial charge < -0.3 is 9.90 Å². The number of carbonyl (C=O) groups excluding carboxylic acids is 1. The predicted molar refractivity (Wildman–Crippen MR) is 70.7 cm³/mol. The molecule has 0 radical (unpaired) electrons. The van der Waals surface area contributed by atoms with E-state index in [0.717, 1.165) is 6.07 Å². The lowest BCUT2D eigenvalue weighted by molar-refractivity contribution is -0.386. The second-order valence-corrected chi connectivity index (χ2v) is 5.63. The molecule has 108 valence electrons. The van der Waals surface area contributed by atoms with E-state index in [0.29, 0.717) is 0 Å². The van der Waals surface area contributed by atoms with Crippen molar-refractivity contribution in [2.24, 2.45) is 5.41 Å². The molecule has 0 aliphatic rings. The van der Waals surface area contributed by atoms with Crippen LogP contribution in [0.5, 0.6) is 0 Å². The fourth-order valence-electron chi connectivity index (χ4n) is 1.93. The van der Waals surface area contributed by atoms with Crippen LogP contribution in [0.15, 0.2) is 12.1 Å². The summed E-state index contributed by atoms with van der Waals surface area (Å²) in [4.78, 5) is 37.2. The van der Waals surface area contributed by atoms with Gasteiger partial charge in [0.15, 0.2) is 5.41 Å². The summed E-state index contributed by atoms with van der Waals surface area (Å²) >= 11 is 5.70. The van der Waals surface area contributed by atoms with Crippen LogP contribution in [0.25, 0.3) is 0 Å². The van der Waals surface area contributed by atoms with Crippen LogP contribution in [0.1, 0.15) is 26.5 Å². The quantitative estimate of drug-likeness (QED) is 0.300. The Kier molecular flexibility index (Phi) is 4.14. The van der Waals surface area contributed by atoms with E-state index in [2.05, 4.69) is 4.98 Å². The van der Waals surface area contributed by atoms with Gasteiger partial charge in [0.2, 0.25) is 0 Å². The number of carboxylic acids is 1. The van der Waals surface area contributed by atoms with Crippen LogP contribution >= 0.6 is 11.6 Å². The minimum Gasteiger partial charge on any atom is -0.480 e. The molecule has 1 atom stereocenters. The number of aromatic nitrogens is 1. The fourth-order valence-corrected chi connectivity index (χ4v) is 2.07. The number of nitrogens with zero attached hydrogens (tertiary/aromatic N) is 2. The molecule has 8 heteroatoms. The number of rotatable bonds is 4. The number of hydrogen-bond donors (Lipinski definition) is 1. The monoisotopic (exact) mass is 300 g/mol.